The average Bonchev–Trinajstić information content (AvgIpc) is 2.34. The summed E-state index contributed by atoms with van der Waals surface area (Å²) in [6, 6.07) is 3.15. The second kappa shape index (κ2) is 5.01. The van der Waals surface area contributed by atoms with Crippen molar-refractivity contribution < 1.29 is 9.90 Å². The summed E-state index contributed by atoms with van der Waals surface area (Å²) >= 11 is 5.90. The monoisotopic (exact) mass is 263 g/mol. The van der Waals surface area contributed by atoms with Crippen molar-refractivity contribution in [2.45, 2.75) is 6.92 Å². The van der Waals surface area contributed by atoms with Gasteiger partial charge in [0.2, 0.25) is 0 Å². The number of hydrogen-bond donors (Lipinski definition) is 2. The Morgan fingerprint density at radius 3 is 2.83 bits per heavy atom. The van der Waals surface area contributed by atoms with Gasteiger partial charge in [-0.2, -0.15) is 0 Å². The Balaban J connectivity index is 2.30. The van der Waals surface area contributed by atoms with E-state index in [1.165, 1.54) is 18.5 Å². The van der Waals surface area contributed by atoms with E-state index in [-0.39, 0.29) is 16.5 Å². The van der Waals surface area contributed by atoms with Crippen LogP contribution >= 0.6 is 11.6 Å². The van der Waals surface area contributed by atoms with Crippen molar-refractivity contribution in [3.8, 4) is 5.75 Å². The van der Waals surface area contributed by atoms with Crippen LogP contribution in [0.5, 0.6) is 5.75 Å². The van der Waals surface area contributed by atoms with Crippen molar-refractivity contribution in [1.29, 1.82) is 0 Å². The molecule has 2 rings (SSSR count). The number of amides is 1. The van der Waals surface area contributed by atoms with Crippen molar-refractivity contribution in [3.63, 3.8) is 0 Å². The molecule has 0 aromatic carbocycles. The molecule has 1 amide bonds. The zero-order valence-corrected chi connectivity index (χ0v) is 10.3. The molecule has 0 unspecified atom stereocenters. The SMILES string of the molecule is Cc1ccnc(Cl)c1NC(=O)c1ccncc1O. The fraction of sp³-hybridized carbons (Fsp3) is 0.0833. The van der Waals surface area contributed by atoms with Crippen LogP contribution in [0.25, 0.3) is 0 Å². The lowest BCUT2D eigenvalue weighted by atomic mass is 10.2. The lowest BCUT2D eigenvalue weighted by Crippen LogP contribution is -2.13. The van der Waals surface area contributed by atoms with Crippen LogP contribution in [0, 0.1) is 6.92 Å². The third-order valence-corrected chi connectivity index (χ3v) is 2.68. The van der Waals surface area contributed by atoms with E-state index < -0.39 is 5.91 Å². The summed E-state index contributed by atoms with van der Waals surface area (Å²) in [5, 5.41) is 12.3. The highest BCUT2D eigenvalue weighted by molar-refractivity contribution is 6.32. The zero-order chi connectivity index (χ0) is 13.1. The molecule has 2 N–H and O–H groups in total. The second-order valence-electron chi connectivity index (χ2n) is 3.64. The molecule has 6 heteroatoms. The van der Waals surface area contributed by atoms with Crippen LogP contribution in [0.4, 0.5) is 5.69 Å². The Kier molecular flexibility index (Phi) is 3.43. The number of aromatic hydroxyl groups is 1. The molecule has 2 aromatic heterocycles. The van der Waals surface area contributed by atoms with Gasteiger partial charge < -0.3 is 10.4 Å². The highest BCUT2D eigenvalue weighted by Crippen LogP contribution is 2.24. The van der Waals surface area contributed by atoms with Gasteiger partial charge in [0.05, 0.1) is 17.4 Å². The third kappa shape index (κ3) is 2.41. The average molecular weight is 264 g/mol. The molecule has 2 aromatic rings. The predicted molar refractivity (Wildman–Crippen MR) is 67.8 cm³/mol. The summed E-state index contributed by atoms with van der Waals surface area (Å²) in [6.45, 7) is 1.80. The number of anilines is 1. The fourth-order valence-electron chi connectivity index (χ4n) is 1.43. The van der Waals surface area contributed by atoms with E-state index in [9.17, 15) is 9.90 Å². The number of halogens is 1. The van der Waals surface area contributed by atoms with Gasteiger partial charge in [-0.1, -0.05) is 11.6 Å². The number of nitrogens with one attached hydrogen (secondary N) is 1. The standard InChI is InChI=1S/C12H10ClN3O2/c1-7-2-5-15-11(13)10(7)16-12(18)8-3-4-14-6-9(8)17/h2-6,17H,1H3,(H,16,18). The molecular formula is C12H10ClN3O2. The minimum absolute atomic E-state index is 0.129. The van der Waals surface area contributed by atoms with Crippen LogP contribution in [-0.4, -0.2) is 21.0 Å². The molecule has 0 saturated heterocycles. The van der Waals surface area contributed by atoms with Gasteiger partial charge in [0.25, 0.3) is 5.91 Å². The quantitative estimate of drug-likeness (QED) is 0.816. The van der Waals surface area contributed by atoms with Gasteiger partial charge >= 0.3 is 0 Å². The minimum atomic E-state index is -0.465. The number of aryl methyl sites for hydroxylation is 1. The van der Waals surface area contributed by atoms with E-state index in [0.29, 0.717) is 5.69 Å². The molecule has 0 fully saturated rings. The maximum absolute atomic E-state index is 12.0. The maximum Gasteiger partial charge on any atom is 0.259 e. The predicted octanol–water partition coefficient (Wildman–Crippen LogP) is 2.40. The van der Waals surface area contributed by atoms with Crippen molar-refractivity contribution in [2.24, 2.45) is 0 Å². The van der Waals surface area contributed by atoms with Gasteiger partial charge in [0.1, 0.15) is 5.75 Å². The summed E-state index contributed by atoms with van der Waals surface area (Å²) in [5.41, 5.74) is 1.35. The topological polar surface area (TPSA) is 75.1 Å². The van der Waals surface area contributed by atoms with Crippen LogP contribution in [0.15, 0.2) is 30.7 Å². The normalized spacial score (nSPS) is 10.1. The number of carbonyl (C=O) groups excluding carboxylic acids is 1. The molecule has 0 saturated carbocycles. The molecule has 18 heavy (non-hydrogen) atoms. The maximum atomic E-state index is 12.0. The fourth-order valence-corrected chi connectivity index (χ4v) is 1.69. The molecule has 5 nitrogen and oxygen atoms in total. The Bertz CT molecular complexity index is 581. The number of nitrogens with zero attached hydrogens (tertiary/aromatic N) is 2. The van der Waals surface area contributed by atoms with E-state index >= 15 is 0 Å². The van der Waals surface area contributed by atoms with Crippen molar-refractivity contribution in [2.75, 3.05) is 5.32 Å². The number of pyridine rings is 2. The first-order valence-corrected chi connectivity index (χ1v) is 5.53. The summed E-state index contributed by atoms with van der Waals surface area (Å²) in [5.74, 6) is -0.652. The van der Waals surface area contributed by atoms with Gasteiger partial charge in [0.15, 0.2) is 5.15 Å². The van der Waals surface area contributed by atoms with Crippen molar-refractivity contribution >= 4 is 23.2 Å². The Labute approximate surface area is 108 Å². The first kappa shape index (κ1) is 12.3. The molecule has 0 radical (unpaired) electrons. The molecule has 92 valence electrons. The van der Waals surface area contributed by atoms with E-state index in [4.69, 9.17) is 11.6 Å². The molecule has 0 aliphatic carbocycles. The summed E-state index contributed by atoms with van der Waals surface area (Å²) in [7, 11) is 0. The van der Waals surface area contributed by atoms with Crippen LogP contribution in [-0.2, 0) is 0 Å². The van der Waals surface area contributed by atoms with Gasteiger partial charge in [0, 0.05) is 12.4 Å². The minimum Gasteiger partial charge on any atom is -0.505 e. The first-order valence-electron chi connectivity index (χ1n) is 5.15. The van der Waals surface area contributed by atoms with Gasteiger partial charge in [-0.25, -0.2) is 4.98 Å². The largest absolute Gasteiger partial charge is 0.505 e. The lowest BCUT2D eigenvalue weighted by molar-refractivity contribution is 0.102. The Morgan fingerprint density at radius 2 is 2.17 bits per heavy atom. The van der Waals surface area contributed by atoms with Gasteiger partial charge in [-0.05, 0) is 24.6 Å². The Hall–Kier alpha value is -2.14. The second-order valence-corrected chi connectivity index (χ2v) is 4.00. The number of rotatable bonds is 2. The van der Waals surface area contributed by atoms with E-state index in [0.717, 1.165) is 5.56 Å². The lowest BCUT2D eigenvalue weighted by Gasteiger charge is -2.09. The molecule has 2 heterocycles. The number of aromatic nitrogens is 2. The molecule has 0 atom stereocenters. The smallest absolute Gasteiger partial charge is 0.259 e. The molecule has 0 aliphatic rings. The van der Waals surface area contributed by atoms with E-state index in [1.54, 1.807) is 19.2 Å². The van der Waals surface area contributed by atoms with Crippen LogP contribution in [0.1, 0.15) is 15.9 Å². The number of hydrogen-bond acceptors (Lipinski definition) is 4. The summed E-state index contributed by atoms with van der Waals surface area (Å²) < 4.78 is 0. The Morgan fingerprint density at radius 1 is 1.39 bits per heavy atom. The van der Waals surface area contributed by atoms with Gasteiger partial charge in [-0.15, -0.1) is 0 Å². The van der Waals surface area contributed by atoms with E-state index in [1.807, 2.05) is 0 Å². The molecule has 0 spiro atoms. The van der Waals surface area contributed by atoms with Crippen LogP contribution < -0.4 is 5.32 Å². The molecule has 0 aliphatic heterocycles. The first-order chi connectivity index (χ1) is 8.59. The van der Waals surface area contributed by atoms with E-state index in [2.05, 4.69) is 15.3 Å². The highest BCUT2D eigenvalue weighted by atomic mass is 35.5. The number of carbonyl (C=O) groups is 1. The summed E-state index contributed by atoms with van der Waals surface area (Å²) in [6.07, 6.45) is 4.18. The highest BCUT2D eigenvalue weighted by Gasteiger charge is 2.14. The van der Waals surface area contributed by atoms with Crippen LogP contribution in [0.3, 0.4) is 0 Å². The van der Waals surface area contributed by atoms with Crippen molar-refractivity contribution in [3.05, 3.63) is 47.0 Å². The van der Waals surface area contributed by atoms with Crippen LogP contribution in [0.2, 0.25) is 5.15 Å². The molecule has 0 bridgehead atoms. The third-order valence-electron chi connectivity index (χ3n) is 2.40. The van der Waals surface area contributed by atoms with Crippen molar-refractivity contribution in [1.82, 2.24) is 9.97 Å². The zero-order valence-electron chi connectivity index (χ0n) is 9.51. The molecular weight excluding hydrogens is 254 g/mol. The van der Waals surface area contributed by atoms with Gasteiger partial charge in [-0.3, -0.25) is 9.78 Å². The summed E-state index contributed by atoms with van der Waals surface area (Å²) in [4.78, 5) is 19.5.